The maximum absolute atomic E-state index is 11.2. The van der Waals surface area contributed by atoms with Gasteiger partial charge in [0, 0.05) is 18.8 Å². The maximum atomic E-state index is 11.2. The molecule has 1 aromatic heterocycles. The Morgan fingerprint density at radius 3 is 2.74 bits per heavy atom. The molecule has 0 bridgehead atoms. The number of nitrogens with zero attached hydrogens (tertiary/aromatic N) is 3. The number of rotatable bonds is 4. The Morgan fingerprint density at radius 1 is 1.47 bits per heavy atom. The Kier molecular flexibility index (Phi) is 3.28. The van der Waals surface area contributed by atoms with Crippen molar-refractivity contribution in [1.82, 2.24) is 9.78 Å². The van der Waals surface area contributed by atoms with E-state index >= 15 is 0 Å². The van der Waals surface area contributed by atoms with Crippen LogP contribution in [-0.2, 0) is 6.54 Å². The number of para-hydroxylation sites is 1. The Balaban J connectivity index is 2.68. The average Bonchev–Trinajstić information content (AvgIpc) is 2.83. The van der Waals surface area contributed by atoms with Crippen molar-refractivity contribution in [3.63, 3.8) is 0 Å². The molecule has 0 aliphatic heterocycles. The average molecular weight is 261 g/mol. The summed E-state index contributed by atoms with van der Waals surface area (Å²) in [6.07, 6.45) is 1.37. The molecule has 1 aromatic carbocycles. The van der Waals surface area contributed by atoms with Gasteiger partial charge in [0.15, 0.2) is 0 Å². The van der Waals surface area contributed by atoms with Crippen molar-refractivity contribution >= 4 is 11.7 Å². The zero-order valence-electron chi connectivity index (χ0n) is 10.1. The molecule has 0 amide bonds. The van der Waals surface area contributed by atoms with Gasteiger partial charge in [0.25, 0.3) is 5.69 Å². The summed E-state index contributed by atoms with van der Waals surface area (Å²) in [7, 11) is 0. The molecule has 0 spiro atoms. The maximum Gasteiger partial charge on any atom is 0.339 e. The smallest absolute Gasteiger partial charge is 0.339 e. The van der Waals surface area contributed by atoms with Crippen LogP contribution in [0.15, 0.2) is 30.5 Å². The monoisotopic (exact) mass is 261 g/mol. The predicted octanol–water partition coefficient (Wildman–Crippen LogP) is 2.18. The van der Waals surface area contributed by atoms with E-state index in [1.807, 2.05) is 6.92 Å². The Labute approximate surface area is 108 Å². The third-order valence-corrected chi connectivity index (χ3v) is 2.67. The molecule has 0 radical (unpaired) electrons. The second kappa shape index (κ2) is 4.89. The molecule has 7 nitrogen and oxygen atoms in total. The van der Waals surface area contributed by atoms with Crippen LogP contribution in [0.25, 0.3) is 11.3 Å². The first-order chi connectivity index (χ1) is 9.04. The summed E-state index contributed by atoms with van der Waals surface area (Å²) in [5, 5.41) is 24.2. The lowest BCUT2D eigenvalue weighted by Gasteiger charge is -2.00. The van der Waals surface area contributed by atoms with Crippen molar-refractivity contribution in [3.8, 4) is 11.3 Å². The third kappa shape index (κ3) is 2.30. The zero-order valence-corrected chi connectivity index (χ0v) is 10.1. The van der Waals surface area contributed by atoms with Gasteiger partial charge in [-0.2, -0.15) is 5.10 Å². The minimum absolute atomic E-state index is 0.0452. The number of carboxylic acid groups (broad SMARTS) is 1. The number of hydrogen-bond acceptors (Lipinski definition) is 4. The van der Waals surface area contributed by atoms with Gasteiger partial charge < -0.3 is 5.11 Å². The first kappa shape index (κ1) is 12.7. The molecule has 98 valence electrons. The molecule has 0 aliphatic rings. The van der Waals surface area contributed by atoms with E-state index in [1.165, 1.54) is 29.1 Å². The molecule has 19 heavy (non-hydrogen) atoms. The van der Waals surface area contributed by atoms with Crippen LogP contribution in [0.2, 0.25) is 0 Å². The molecule has 1 N–H and O–H groups in total. The highest BCUT2D eigenvalue weighted by molar-refractivity contribution is 5.95. The molecule has 2 aromatic rings. The van der Waals surface area contributed by atoms with E-state index in [-0.39, 0.29) is 22.5 Å². The Hall–Kier alpha value is -2.70. The quantitative estimate of drug-likeness (QED) is 0.671. The summed E-state index contributed by atoms with van der Waals surface area (Å²) in [5.41, 5.74) is 0.112. The van der Waals surface area contributed by atoms with Crippen LogP contribution in [0.3, 0.4) is 0 Å². The molecule has 0 atom stereocenters. The largest absolute Gasteiger partial charge is 0.478 e. The lowest BCUT2D eigenvalue weighted by Crippen LogP contribution is -1.99. The van der Waals surface area contributed by atoms with Gasteiger partial charge in [-0.15, -0.1) is 0 Å². The minimum atomic E-state index is -1.16. The molecular formula is C12H11N3O4. The number of aromatic carboxylic acids is 1. The highest BCUT2D eigenvalue weighted by Gasteiger charge is 2.23. The van der Waals surface area contributed by atoms with E-state index in [0.29, 0.717) is 6.54 Å². The minimum Gasteiger partial charge on any atom is -0.478 e. The van der Waals surface area contributed by atoms with Crippen LogP contribution in [0, 0.1) is 10.1 Å². The van der Waals surface area contributed by atoms with Crippen molar-refractivity contribution in [2.75, 3.05) is 0 Å². The van der Waals surface area contributed by atoms with Crippen LogP contribution >= 0.6 is 0 Å². The summed E-state index contributed by atoms with van der Waals surface area (Å²) in [4.78, 5) is 21.6. The van der Waals surface area contributed by atoms with Gasteiger partial charge >= 0.3 is 5.97 Å². The van der Waals surface area contributed by atoms with Crippen molar-refractivity contribution in [2.45, 2.75) is 13.5 Å². The lowest BCUT2D eigenvalue weighted by atomic mass is 10.1. The van der Waals surface area contributed by atoms with Crippen LogP contribution < -0.4 is 0 Å². The lowest BCUT2D eigenvalue weighted by molar-refractivity contribution is -0.384. The highest BCUT2D eigenvalue weighted by Crippen LogP contribution is 2.30. The fraction of sp³-hybridized carbons (Fsp3) is 0.167. The van der Waals surface area contributed by atoms with Crippen LogP contribution in [0.5, 0.6) is 0 Å². The molecule has 0 saturated carbocycles. The van der Waals surface area contributed by atoms with Crippen LogP contribution in [0.1, 0.15) is 17.3 Å². The standard InChI is InChI=1S/C12H11N3O4/c1-2-14-7-9(12(16)17)11(13-14)8-5-3-4-6-10(8)15(18)19/h3-7H,2H2,1H3,(H,16,17). The number of nitro benzene ring substituents is 1. The SMILES string of the molecule is CCn1cc(C(=O)O)c(-c2ccccc2[N+](=O)[O-])n1. The van der Waals surface area contributed by atoms with E-state index < -0.39 is 10.9 Å². The number of nitro groups is 1. The second-order valence-corrected chi connectivity index (χ2v) is 3.83. The first-order valence-electron chi connectivity index (χ1n) is 5.59. The number of hydrogen-bond donors (Lipinski definition) is 1. The van der Waals surface area contributed by atoms with E-state index in [2.05, 4.69) is 5.10 Å². The van der Waals surface area contributed by atoms with Gasteiger partial charge in [0.05, 0.1) is 10.5 Å². The summed E-state index contributed by atoms with van der Waals surface area (Å²) < 4.78 is 1.44. The topological polar surface area (TPSA) is 98.3 Å². The number of benzene rings is 1. The van der Waals surface area contributed by atoms with E-state index in [1.54, 1.807) is 6.07 Å². The molecular weight excluding hydrogens is 250 g/mol. The molecule has 1 heterocycles. The Bertz CT molecular complexity index is 648. The van der Waals surface area contributed by atoms with Gasteiger partial charge in [0.1, 0.15) is 11.3 Å². The molecule has 2 rings (SSSR count). The number of carboxylic acids is 1. The summed E-state index contributed by atoms with van der Waals surface area (Å²) in [5.74, 6) is -1.16. The molecule has 7 heteroatoms. The van der Waals surface area contributed by atoms with Crippen molar-refractivity contribution in [3.05, 3.63) is 46.1 Å². The zero-order chi connectivity index (χ0) is 14.0. The number of aryl methyl sites for hydroxylation is 1. The van der Waals surface area contributed by atoms with E-state index in [9.17, 15) is 14.9 Å². The van der Waals surface area contributed by atoms with Crippen LogP contribution in [0.4, 0.5) is 5.69 Å². The van der Waals surface area contributed by atoms with Gasteiger partial charge in [-0.05, 0) is 13.0 Å². The fourth-order valence-corrected chi connectivity index (χ4v) is 1.77. The summed E-state index contributed by atoms with van der Waals surface area (Å²) >= 11 is 0. The number of carbonyl (C=O) groups is 1. The third-order valence-electron chi connectivity index (χ3n) is 2.67. The van der Waals surface area contributed by atoms with Crippen molar-refractivity contribution < 1.29 is 14.8 Å². The molecule has 0 aliphatic carbocycles. The number of aromatic nitrogens is 2. The second-order valence-electron chi connectivity index (χ2n) is 3.83. The van der Waals surface area contributed by atoms with Gasteiger partial charge in [-0.3, -0.25) is 14.8 Å². The van der Waals surface area contributed by atoms with Gasteiger partial charge in [-0.25, -0.2) is 4.79 Å². The van der Waals surface area contributed by atoms with Gasteiger partial charge in [-0.1, -0.05) is 12.1 Å². The van der Waals surface area contributed by atoms with Crippen LogP contribution in [-0.4, -0.2) is 25.8 Å². The first-order valence-corrected chi connectivity index (χ1v) is 5.59. The van der Waals surface area contributed by atoms with Crippen molar-refractivity contribution in [2.24, 2.45) is 0 Å². The molecule has 0 fully saturated rings. The Morgan fingerprint density at radius 2 is 2.16 bits per heavy atom. The van der Waals surface area contributed by atoms with Crippen molar-refractivity contribution in [1.29, 1.82) is 0 Å². The summed E-state index contributed by atoms with van der Waals surface area (Å²) in [6.45, 7) is 2.29. The van der Waals surface area contributed by atoms with E-state index in [4.69, 9.17) is 5.11 Å². The normalized spacial score (nSPS) is 10.4. The van der Waals surface area contributed by atoms with Gasteiger partial charge in [0.2, 0.25) is 0 Å². The molecule has 0 saturated heterocycles. The fourth-order valence-electron chi connectivity index (χ4n) is 1.77. The predicted molar refractivity (Wildman–Crippen MR) is 67.0 cm³/mol. The van der Waals surface area contributed by atoms with E-state index in [0.717, 1.165) is 0 Å². The highest BCUT2D eigenvalue weighted by atomic mass is 16.6. The summed E-state index contributed by atoms with van der Waals surface area (Å²) in [6, 6.07) is 5.96. The molecule has 0 unspecified atom stereocenters.